The van der Waals surface area contributed by atoms with Crippen LogP contribution in [0.25, 0.3) is 0 Å². The Balaban J connectivity index is 4.69. The Hall–Kier alpha value is -1.77. The second-order valence-corrected chi connectivity index (χ2v) is 4.72. The Morgan fingerprint density at radius 3 is 2.32 bits per heavy atom. The highest BCUT2D eigenvalue weighted by molar-refractivity contribution is 5.82. The van der Waals surface area contributed by atoms with Crippen molar-refractivity contribution < 1.29 is 14.7 Å². The maximum absolute atomic E-state index is 12.0. The number of amides is 2. The van der Waals surface area contributed by atoms with Crippen molar-refractivity contribution in [3.8, 4) is 6.07 Å². The zero-order chi connectivity index (χ0) is 15.0. The van der Waals surface area contributed by atoms with E-state index in [-0.39, 0.29) is 11.8 Å². The Kier molecular flexibility index (Phi) is 7.57. The third-order valence-corrected chi connectivity index (χ3v) is 3.14. The summed E-state index contributed by atoms with van der Waals surface area (Å²) in [5.74, 6) is -1.46. The number of nitrogens with zero attached hydrogens (tertiary/aromatic N) is 2. The SMILES string of the molecule is CCC(C)C(NC(=O)N(CC)CC(C)C#N)C(=O)O. The van der Waals surface area contributed by atoms with Crippen LogP contribution in [0.4, 0.5) is 4.79 Å². The molecule has 0 aliphatic heterocycles. The van der Waals surface area contributed by atoms with Crippen LogP contribution in [0.5, 0.6) is 0 Å². The lowest BCUT2D eigenvalue weighted by molar-refractivity contribution is -0.140. The van der Waals surface area contributed by atoms with Gasteiger partial charge in [-0.05, 0) is 19.8 Å². The summed E-state index contributed by atoms with van der Waals surface area (Å²) in [6.07, 6.45) is 0.665. The van der Waals surface area contributed by atoms with Crippen molar-refractivity contribution in [1.82, 2.24) is 10.2 Å². The minimum Gasteiger partial charge on any atom is -0.480 e. The number of hydrogen-bond donors (Lipinski definition) is 2. The summed E-state index contributed by atoms with van der Waals surface area (Å²) in [7, 11) is 0. The lowest BCUT2D eigenvalue weighted by Crippen LogP contribution is -2.51. The molecule has 2 N–H and O–H groups in total. The molecule has 108 valence electrons. The topological polar surface area (TPSA) is 93.4 Å². The van der Waals surface area contributed by atoms with E-state index in [1.165, 1.54) is 4.90 Å². The van der Waals surface area contributed by atoms with Gasteiger partial charge in [0.25, 0.3) is 0 Å². The molecule has 0 rings (SSSR count). The minimum absolute atomic E-state index is 0.145. The molecule has 0 spiro atoms. The summed E-state index contributed by atoms with van der Waals surface area (Å²) < 4.78 is 0. The molecular formula is C13H23N3O3. The van der Waals surface area contributed by atoms with Gasteiger partial charge in [0.05, 0.1) is 12.0 Å². The standard InChI is InChI=1S/C13H23N3O3/c1-5-10(4)11(12(17)18)15-13(19)16(6-2)8-9(3)7-14/h9-11H,5-6,8H2,1-4H3,(H,15,19)(H,17,18). The van der Waals surface area contributed by atoms with E-state index in [2.05, 4.69) is 11.4 Å². The average Bonchev–Trinajstić information content (AvgIpc) is 2.40. The van der Waals surface area contributed by atoms with E-state index >= 15 is 0 Å². The number of nitrogens with one attached hydrogen (secondary N) is 1. The van der Waals surface area contributed by atoms with Gasteiger partial charge in [0.2, 0.25) is 0 Å². The summed E-state index contributed by atoms with van der Waals surface area (Å²) in [5, 5.41) is 20.4. The molecule has 0 radical (unpaired) electrons. The van der Waals surface area contributed by atoms with Crippen molar-refractivity contribution in [3.05, 3.63) is 0 Å². The fourth-order valence-electron chi connectivity index (χ4n) is 1.63. The molecule has 0 aromatic carbocycles. The highest BCUT2D eigenvalue weighted by Crippen LogP contribution is 2.09. The molecule has 0 saturated heterocycles. The first kappa shape index (κ1) is 17.2. The lowest BCUT2D eigenvalue weighted by Gasteiger charge is -2.26. The fourth-order valence-corrected chi connectivity index (χ4v) is 1.63. The number of hydrogen-bond acceptors (Lipinski definition) is 3. The number of urea groups is 1. The van der Waals surface area contributed by atoms with Crippen LogP contribution in [-0.4, -0.2) is 41.1 Å². The molecule has 0 heterocycles. The number of carboxylic acid groups (broad SMARTS) is 1. The second-order valence-electron chi connectivity index (χ2n) is 4.72. The first-order chi connectivity index (χ1) is 8.87. The van der Waals surface area contributed by atoms with E-state index in [9.17, 15) is 9.59 Å². The molecule has 2 amide bonds. The maximum Gasteiger partial charge on any atom is 0.326 e. The van der Waals surface area contributed by atoms with E-state index in [1.807, 2.05) is 6.92 Å². The number of carbonyl (C=O) groups excluding carboxylic acids is 1. The van der Waals surface area contributed by atoms with Crippen molar-refractivity contribution >= 4 is 12.0 Å². The molecule has 0 aromatic rings. The van der Waals surface area contributed by atoms with E-state index in [1.54, 1.807) is 20.8 Å². The van der Waals surface area contributed by atoms with E-state index < -0.39 is 18.0 Å². The van der Waals surface area contributed by atoms with Gasteiger partial charge in [0, 0.05) is 13.1 Å². The van der Waals surface area contributed by atoms with Crippen molar-refractivity contribution in [2.45, 2.75) is 40.2 Å². The summed E-state index contributed by atoms with van der Waals surface area (Å²) >= 11 is 0. The molecule has 6 heteroatoms. The average molecular weight is 269 g/mol. The molecule has 0 aromatic heterocycles. The molecule has 0 fully saturated rings. The molecule has 6 nitrogen and oxygen atoms in total. The third kappa shape index (κ3) is 5.60. The molecule has 19 heavy (non-hydrogen) atoms. The van der Waals surface area contributed by atoms with Crippen LogP contribution in [0.2, 0.25) is 0 Å². The van der Waals surface area contributed by atoms with Crippen molar-refractivity contribution in [3.63, 3.8) is 0 Å². The predicted octanol–water partition coefficient (Wildman–Crippen LogP) is 1.68. The summed E-state index contributed by atoms with van der Waals surface area (Å²) in [6, 6.07) is 0.724. The number of rotatable bonds is 7. The highest BCUT2D eigenvalue weighted by Gasteiger charge is 2.27. The molecular weight excluding hydrogens is 246 g/mol. The Morgan fingerprint density at radius 2 is 1.95 bits per heavy atom. The van der Waals surface area contributed by atoms with Gasteiger partial charge in [-0.2, -0.15) is 5.26 Å². The van der Waals surface area contributed by atoms with Gasteiger partial charge in [0.15, 0.2) is 0 Å². The fraction of sp³-hybridized carbons (Fsp3) is 0.769. The van der Waals surface area contributed by atoms with Gasteiger partial charge in [-0.1, -0.05) is 20.3 Å². The third-order valence-electron chi connectivity index (χ3n) is 3.14. The van der Waals surface area contributed by atoms with E-state index in [0.717, 1.165) is 0 Å². The molecule has 3 unspecified atom stereocenters. The molecule has 3 atom stereocenters. The number of carboxylic acids is 1. The van der Waals surface area contributed by atoms with Crippen molar-refractivity contribution in [2.75, 3.05) is 13.1 Å². The summed E-state index contributed by atoms with van der Waals surface area (Å²) in [5.41, 5.74) is 0. The molecule has 0 aliphatic carbocycles. The number of carbonyl (C=O) groups is 2. The van der Waals surface area contributed by atoms with Crippen LogP contribution in [0.3, 0.4) is 0 Å². The Bertz CT molecular complexity index is 352. The van der Waals surface area contributed by atoms with Crippen LogP contribution in [0, 0.1) is 23.2 Å². The van der Waals surface area contributed by atoms with Crippen LogP contribution in [0.15, 0.2) is 0 Å². The zero-order valence-electron chi connectivity index (χ0n) is 12.0. The smallest absolute Gasteiger partial charge is 0.326 e. The highest BCUT2D eigenvalue weighted by atomic mass is 16.4. The number of nitriles is 1. The summed E-state index contributed by atoms with van der Waals surface area (Å²) in [6.45, 7) is 7.91. The van der Waals surface area contributed by atoms with E-state index in [0.29, 0.717) is 19.5 Å². The van der Waals surface area contributed by atoms with E-state index in [4.69, 9.17) is 10.4 Å². The van der Waals surface area contributed by atoms with Gasteiger partial charge in [-0.25, -0.2) is 9.59 Å². The van der Waals surface area contributed by atoms with Gasteiger partial charge >= 0.3 is 12.0 Å². The second kappa shape index (κ2) is 8.35. The van der Waals surface area contributed by atoms with Crippen LogP contribution < -0.4 is 5.32 Å². The van der Waals surface area contributed by atoms with Crippen LogP contribution in [-0.2, 0) is 4.79 Å². The minimum atomic E-state index is -1.04. The van der Waals surface area contributed by atoms with Crippen LogP contribution >= 0.6 is 0 Å². The molecule has 0 aliphatic rings. The first-order valence-electron chi connectivity index (χ1n) is 6.55. The maximum atomic E-state index is 12.0. The van der Waals surface area contributed by atoms with Gasteiger partial charge < -0.3 is 15.3 Å². The van der Waals surface area contributed by atoms with Crippen molar-refractivity contribution in [1.29, 1.82) is 5.26 Å². The quantitative estimate of drug-likeness (QED) is 0.735. The number of aliphatic carboxylic acids is 1. The van der Waals surface area contributed by atoms with Gasteiger partial charge in [0.1, 0.15) is 6.04 Å². The molecule has 0 bridgehead atoms. The summed E-state index contributed by atoms with van der Waals surface area (Å²) in [4.78, 5) is 24.6. The van der Waals surface area contributed by atoms with Crippen molar-refractivity contribution in [2.24, 2.45) is 11.8 Å². The largest absolute Gasteiger partial charge is 0.480 e. The van der Waals surface area contributed by atoms with Crippen LogP contribution in [0.1, 0.15) is 34.1 Å². The first-order valence-corrected chi connectivity index (χ1v) is 6.55. The lowest BCUT2D eigenvalue weighted by atomic mass is 9.99. The normalized spacial score (nSPS) is 14.9. The monoisotopic (exact) mass is 269 g/mol. The van der Waals surface area contributed by atoms with Gasteiger partial charge in [-0.15, -0.1) is 0 Å². The Morgan fingerprint density at radius 1 is 1.37 bits per heavy atom. The van der Waals surface area contributed by atoms with Gasteiger partial charge in [-0.3, -0.25) is 0 Å². The molecule has 0 saturated carbocycles. The Labute approximate surface area is 114 Å². The predicted molar refractivity (Wildman–Crippen MR) is 71.4 cm³/mol. The zero-order valence-corrected chi connectivity index (χ0v) is 12.0.